The van der Waals surface area contributed by atoms with Gasteiger partial charge in [-0.15, -0.1) is 0 Å². The van der Waals surface area contributed by atoms with Gasteiger partial charge >= 0.3 is 5.97 Å². The summed E-state index contributed by atoms with van der Waals surface area (Å²) in [5.41, 5.74) is 0. The van der Waals surface area contributed by atoms with Crippen LogP contribution in [0.2, 0.25) is 0 Å². The molecule has 2 saturated carbocycles. The van der Waals surface area contributed by atoms with Crippen molar-refractivity contribution < 1.29 is 22.7 Å². The van der Waals surface area contributed by atoms with Gasteiger partial charge in [0, 0.05) is 11.0 Å². The maximum Gasteiger partial charge on any atom is 0.314 e. The van der Waals surface area contributed by atoms with Gasteiger partial charge in [-0.3, -0.25) is 4.79 Å². The molecule has 2 aliphatic rings. The number of benzene rings is 1. The second-order valence-corrected chi connectivity index (χ2v) is 9.60. The molecule has 1 aromatic carbocycles. The number of esters is 1. The van der Waals surface area contributed by atoms with Gasteiger partial charge in [0.2, 0.25) is 0 Å². The fourth-order valence-corrected chi connectivity index (χ4v) is 5.63. The molecule has 0 aliphatic heterocycles. The van der Waals surface area contributed by atoms with Gasteiger partial charge in [-0.2, -0.15) is 8.78 Å². The van der Waals surface area contributed by atoms with Crippen LogP contribution in [-0.2, 0) is 4.79 Å². The van der Waals surface area contributed by atoms with Crippen molar-refractivity contribution >= 4 is 17.7 Å². The maximum absolute atomic E-state index is 13.9. The Balaban J connectivity index is 1.45. The van der Waals surface area contributed by atoms with Crippen LogP contribution in [0.1, 0.15) is 71.1 Å². The Bertz CT molecular complexity index is 666. The summed E-state index contributed by atoms with van der Waals surface area (Å²) in [4.78, 5) is 12.3. The summed E-state index contributed by atoms with van der Waals surface area (Å²) >= 11 is 0.148. The molecule has 0 spiro atoms. The third kappa shape index (κ3) is 6.40. The summed E-state index contributed by atoms with van der Waals surface area (Å²) < 4.78 is 44.0. The molecule has 162 valence electrons. The van der Waals surface area contributed by atoms with Crippen molar-refractivity contribution in [1.29, 1.82) is 0 Å². The van der Waals surface area contributed by atoms with Crippen molar-refractivity contribution in [1.82, 2.24) is 0 Å². The van der Waals surface area contributed by atoms with Crippen molar-refractivity contribution in [3.8, 4) is 5.75 Å². The molecule has 2 fully saturated rings. The third-order valence-electron chi connectivity index (χ3n) is 6.70. The van der Waals surface area contributed by atoms with E-state index in [1.165, 1.54) is 50.7 Å². The lowest BCUT2D eigenvalue weighted by Gasteiger charge is -2.37. The number of alkyl halides is 2. The molecule has 0 unspecified atom stereocenters. The Morgan fingerprint density at radius 1 is 1.07 bits per heavy atom. The lowest BCUT2D eigenvalue weighted by Crippen LogP contribution is -2.30. The number of hydrogen-bond donors (Lipinski definition) is 0. The molecule has 0 heterocycles. The van der Waals surface area contributed by atoms with E-state index in [1.54, 1.807) is 0 Å². The van der Waals surface area contributed by atoms with Gasteiger partial charge in [0.1, 0.15) is 11.6 Å². The van der Waals surface area contributed by atoms with Gasteiger partial charge in [-0.25, -0.2) is 4.39 Å². The monoisotopic (exact) mass is 428 g/mol. The van der Waals surface area contributed by atoms with Crippen molar-refractivity contribution in [3.05, 3.63) is 24.0 Å². The van der Waals surface area contributed by atoms with E-state index in [0.717, 1.165) is 43.6 Å². The van der Waals surface area contributed by atoms with Crippen molar-refractivity contribution in [2.24, 2.45) is 23.7 Å². The van der Waals surface area contributed by atoms with Gasteiger partial charge in [0.05, 0.1) is 5.92 Å². The van der Waals surface area contributed by atoms with Crippen LogP contribution in [-0.4, -0.2) is 11.7 Å². The van der Waals surface area contributed by atoms with Crippen molar-refractivity contribution in [3.63, 3.8) is 0 Å². The predicted molar refractivity (Wildman–Crippen MR) is 110 cm³/mol. The minimum absolute atomic E-state index is 0.0856. The standard InChI is InChI=1S/C23H31F3O2S/c1-2-3-15-4-6-16(7-5-15)17-8-10-18(11-9-17)22(27)28-19-12-13-21(20(24)14-19)29-23(25)26/h12-18,23H,2-11H2,1H3/t15-,16-,17-,18-. The molecule has 2 aliphatic carbocycles. The summed E-state index contributed by atoms with van der Waals surface area (Å²) in [6.45, 7) is 2.26. The molecular formula is C23H31F3O2S. The van der Waals surface area contributed by atoms with E-state index in [0.29, 0.717) is 5.92 Å². The molecule has 0 N–H and O–H groups in total. The number of thioether (sulfide) groups is 1. The highest BCUT2D eigenvalue weighted by molar-refractivity contribution is 7.99. The molecule has 0 aromatic heterocycles. The zero-order valence-corrected chi connectivity index (χ0v) is 17.9. The second-order valence-electron chi connectivity index (χ2n) is 8.57. The van der Waals surface area contributed by atoms with E-state index in [9.17, 15) is 18.0 Å². The lowest BCUT2D eigenvalue weighted by atomic mass is 9.69. The van der Waals surface area contributed by atoms with Crippen LogP contribution < -0.4 is 4.74 Å². The fraction of sp³-hybridized carbons (Fsp3) is 0.696. The van der Waals surface area contributed by atoms with Gasteiger partial charge in [-0.05, 0) is 68.4 Å². The molecular weight excluding hydrogens is 397 g/mol. The summed E-state index contributed by atoms with van der Waals surface area (Å²) in [6, 6.07) is 3.63. The Morgan fingerprint density at radius 2 is 1.69 bits per heavy atom. The normalized spacial score (nSPS) is 27.8. The van der Waals surface area contributed by atoms with Gasteiger partial charge in [0.15, 0.2) is 0 Å². The van der Waals surface area contributed by atoms with Crippen LogP contribution in [0.15, 0.2) is 23.1 Å². The molecule has 6 heteroatoms. The predicted octanol–water partition coefficient (Wildman–Crippen LogP) is 7.46. The molecule has 0 atom stereocenters. The van der Waals surface area contributed by atoms with Crippen molar-refractivity contribution in [2.75, 3.05) is 0 Å². The van der Waals surface area contributed by atoms with Crippen LogP contribution in [0.3, 0.4) is 0 Å². The van der Waals surface area contributed by atoms with E-state index in [2.05, 4.69) is 6.92 Å². The lowest BCUT2D eigenvalue weighted by molar-refractivity contribution is -0.140. The Morgan fingerprint density at radius 3 is 2.24 bits per heavy atom. The quantitative estimate of drug-likeness (QED) is 0.256. The van der Waals surface area contributed by atoms with Crippen LogP contribution in [0.4, 0.5) is 13.2 Å². The molecule has 0 bridgehead atoms. The summed E-state index contributed by atoms with van der Waals surface area (Å²) in [5, 5.41) is 0. The average molecular weight is 429 g/mol. The number of hydrogen-bond acceptors (Lipinski definition) is 3. The van der Waals surface area contributed by atoms with Crippen molar-refractivity contribution in [2.45, 2.75) is 81.8 Å². The van der Waals surface area contributed by atoms with E-state index >= 15 is 0 Å². The minimum atomic E-state index is -2.69. The van der Waals surface area contributed by atoms with Crippen LogP contribution >= 0.6 is 11.8 Å². The topological polar surface area (TPSA) is 26.3 Å². The first-order chi connectivity index (χ1) is 14.0. The summed E-state index contributed by atoms with van der Waals surface area (Å²) in [6.07, 6.45) is 11.7. The SMILES string of the molecule is CCC[C@H]1CC[C@H]([C@H]2CC[C@H](C(=O)Oc3ccc(SC(F)F)c(F)c3)CC2)CC1. The Hall–Kier alpha value is -1.17. The Kier molecular flexibility index (Phi) is 8.34. The second kappa shape index (κ2) is 10.7. The summed E-state index contributed by atoms with van der Waals surface area (Å²) in [5.74, 6) is -1.45. The molecule has 2 nitrogen and oxygen atoms in total. The molecule has 29 heavy (non-hydrogen) atoms. The third-order valence-corrected chi connectivity index (χ3v) is 7.46. The molecule has 0 radical (unpaired) electrons. The highest BCUT2D eigenvalue weighted by Crippen LogP contribution is 2.42. The number of halogens is 3. The average Bonchev–Trinajstić information content (AvgIpc) is 2.71. The van der Waals surface area contributed by atoms with Gasteiger partial charge in [0.25, 0.3) is 5.76 Å². The van der Waals surface area contributed by atoms with E-state index < -0.39 is 11.6 Å². The first-order valence-corrected chi connectivity index (χ1v) is 11.8. The Labute approximate surface area is 176 Å². The van der Waals surface area contributed by atoms with Gasteiger partial charge < -0.3 is 4.74 Å². The first-order valence-electron chi connectivity index (χ1n) is 10.9. The fourth-order valence-electron chi connectivity index (χ4n) is 5.12. The molecule has 0 saturated heterocycles. The maximum atomic E-state index is 13.9. The number of rotatable bonds is 7. The zero-order valence-electron chi connectivity index (χ0n) is 17.0. The summed E-state index contributed by atoms with van der Waals surface area (Å²) in [7, 11) is 0. The van der Waals surface area contributed by atoms with E-state index in [4.69, 9.17) is 4.74 Å². The van der Waals surface area contributed by atoms with Crippen LogP contribution in [0, 0.1) is 29.5 Å². The highest BCUT2D eigenvalue weighted by Gasteiger charge is 2.33. The number of carbonyl (C=O) groups is 1. The zero-order chi connectivity index (χ0) is 20.8. The van der Waals surface area contributed by atoms with Gasteiger partial charge in [-0.1, -0.05) is 44.4 Å². The van der Waals surface area contributed by atoms with Crippen LogP contribution in [0.25, 0.3) is 0 Å². The number of carbonyl (C=O) groups excluding carboxylic acids is 1. The number of ether oxygens (including phenoxy) is 1. The first kappa shape index (κ1) is 22.5. The van der Waals surface area contributed by atoms with E-state index in [1.807, 2.05) is 0 Å². The molecule has 1 aromatic rings. The largest absolute Gasteiger partial charge is 0.426 e. The van der Waals surface area contributed by atoms with Crippen LogP contribution in [0.5, 0.6) is 5.75 Å². The highest BCUT2D eigenvalue weighted by atomic mass is 32.2. The smallest absolute Gasteiger partial charge is 0.314 e. The minimum Gasteiger partial charge on any atom is -0.426 e. The molecule has 0 amide bonds. The van der Waals surface area contributed by atoms with E-state index in [-0.39, 0.29) is 34.3 Å². The molecule has 3 rings (SSSR count).